The van der Waals surface area contributed by atoms with Gasteiger partial charge in [-0.2, -0.15) is 0 Å². The quantitative estimate of drug-likeness (QED) is 0.319. The first-order valence-electron chi connectivity index (χ1n) is 12.7. The molecule has 2 aromatic carbocycles. The SMILES string of the molecule is COc1cc(-c2cc(-c3ccccc3)nc3sc(C(=O)NCCN4CCOCC4)c(N)c23)cc(OC)c1OC. The first kappa shape index (κ1) is 26.7. The minimum Gasteiger partial charge on any atom is -0.493 e. The molecule has 0 aliphatic carbocycles. The van der Waals surface area contributed by atoms with E-state index in [2.05, 4.69) is 10.2 Å². The summed E-state index contributed by atoms with van der Waals surface area (Å²) in [5.74, 6) is 1.33. The Bertz CT molecular complexity index is 1440. The number of pyridine rings is 1. The lowest BCUT2D eigenvalue weighted by Gasteiger charge is -2.26. The zero-order valence-corrected chi connectivity index (χ0v) is 23.1. The predicted molar refractivity (Wildman–Crippen MR) is 154 cm³/mol. The van der Waals surface area contributed by atoms with Gasteiger partial charge in [-0.05, 0) is 29.3 Å². The number of anilines is 1. The molecule has 0 spiro atoms. The number of aromatic nitrogens is 1. The van der Waals surface area contributed by atoms with Crippen molar-refractivity contribution in [3.05, 3.63) is 53.4 Å². The Balaban J connectivity index is 1.58. The summed E-state index contributed by atoms with van der Waals surface area (Å²) in [6, 6.07) is 15.7. The minimum absolute atomic E-state index is 0.208. The van der Waals surface area contributed by atoms with Gasteiger partial charge in [0.05, 0.1) is 45.9 Å². The largest absolute Gasteiger partial charge is 0.493 e. The molecule has 1 fully saturated rings. The summed E-state index contributed by atoms with van der Waals surface area (Å²) in [6.45, 7) is 4.45. The molecule has 0 unspecified atom stereocenters. The fourth-order valence-corrected chi connectivity index (χ4v) is 5.78. The van der Waals surface area contributed by atoms with Crippen molar-refractivity contribution >= 4 is 33.1 Å². The maximum absolute atomic E-state index is 13.3. The van der Waals surface area contributed by atoms with E-state index in [1.54, 1.807) is 21.3 Å². The first-order valence-corrected chi connectivity index (χ1v) is 13.5. The molecule has 0 atom stereocenters. The van der Waals surface area contributed by atoms with E-state index in [1.165, 1.54) is 11.3 Å². The molecule has 1 amide bonds. The second kappa shape index (κ2) is 11.9. The van der Waals surface area contributed by atoms with E-state index in [0.717, 1.165) is 55.2 Å². The van der Waals surface area contributed by atoms with Crippen LogP contribution in [-0.4, -0.2) is 76.5 Å². The molecule has 1 saturated heterocycles. The van der Waals surface area contributed by atoms with Crippen molar-refractivity contribution in [1.82, 2.24) is 15.2 Å². The number of methoxy groups -OCH3 is 3. The zero-order chi connectivity index (χ0) is 27.4. The Morgan fingerprint density at radius 1 is 1.03 bits per heavy atom. The molecule has 4 aromatic rings. The number of thiophene rings is 1. The lowest BCUT2D eigenvalue weighted by atomic mass is 9.98. The summed E-state index contributed by atoms with van der Waals surface area (Å²) in [4.78, 5) is 21.6. The van der Waals surface area contributed by atoms with E-state index in [0.29, 0.717) is 44.6 Å². The molecule has 10 heteroatoms. The number of fused-ring (bicyclic) bond motifs is 1. The van der Waals surface area contributed by atoms with Crippen molar-refractivity contribution in [2.24, 2.45) is 0 Å². The van der Waals surface area contributed by atoms with Crippen molar-refractivity contribution in [2.45, 2.75) is 0 Å². The van der Waals surface area contributed by atoms with Gasteiger partial charge in [-0.25, -0.2) is 4.98 Å². The number of hydrogen-bond donors (Lipinski definition) is 2. The molecule has 1 aliphatic heterocycles. The number of benzene rings is 2. The predicted octanol–water partition coefficient (Wildman–Crippen LogP) is 4.30. The maximum atomic E-state index is 13.3. The normalized spacial score (nSPS) is 13.8. The summed E-state index contributed by atoms with van der Waals surface area (Å²) in [5, 5.41) is 3.74. The standard InChI is InChI=1S/C29H32N4O5S/c1-35-22-15-19(16-23(36-2)26(22)37-3)20-17-21(18-7-5-4-6-8-18)32-29-24(20)25(30)27(39-29)28(34)31-9-10-33-11-13-38-14-12-33/h4-8,15-17H,9-14,30H2,1-3H3,(H,31,34). The second-order valence-corrected chi connectivity index (χ2v) is 10.1. The van der Waals surface area contributed by atoms with Gasteiger partial charge in [0.25, 0.3) is 5.91 Å². The van der Waals surface area contributed by atoms with Crippen molar-refractivity contribution in [3.63, 3.8) is 0 Å². The van der Waals surface area contributed by atoms with E-state index in [9.17, 15) is 4.79 Å². The lowest BCUT2D eigenvalue weighted by Crippen LogP contribution is -2.41. The van der Waals surface area contributed by atoms with E-state index in [4.69, 9.17) is 29.7 Å². The van der Waals surface area contributed by atoms with Crippen molar-refractivity contribution in [3.8, 4) is 39.6 Å². The van der Waals surface area contributed by atoms with Crippen LogP contribution in [0.5, 0.6) is 17.2 Å². The summed E-state index contributed by atoms with van der Waals surface area (Å²) in [7, 11) is 4.73. The van der Waals surface area contributed by atoms with Gasteiger partial charge in [0.2, 0.25) is 5.75 Å². The number of carbonyl (C=O) groups is 1. The molecular weight excluding hydrogens is 516 g/mol. The van der Waals surface area contributed by atoms with Crippen molar-refractivity contribution in [1.29, 1.82) is 0 Å². The highest BCUT2D eigenvalue weighted by Crippen LogP contribution is 2.46. The summed E-state index contributed by atoms with van der Waals surface area (Å²) >= 11 is 1.29. The van der Waals surface area contributed by atoms with Crippen LogP contribution in [0.15, 0.2) is 48.5 Å². The molecule has 9 nitrogen and oxygen atoms in total. The number of ether oxygens (including phenoxy) is 4. The van der Waals surface area contributed by atoms with Crippen LogP contribution in [0.25, 0.3) is 32.6 Å². The highest BCUT2D eigenvalue weighted by molar-refractivity contribution is 7.21. The number of nitrogen functional groups attached to an aromatic ring is 1. The lowest BCUT2D eigenvalue weighted by molar-refractivity contribution is 0.0383. The third-order valence-corrected chi connectivity index (χ3v) is 7.87. The molecule has 0 bridgehead atoms. The molecule has 2 aromatic heterocycles. The highest BCUT2D eigenvalue weighted by atomic mass is 32.1. The number of nitrogens with zero attached hydrogens (tertiary/aromatic N) is 2. The Morgan fingerprint density at radius 2 is 1.72 bits per heavy atom. The topological polar surface area (TPSA) is 108 Å². The Hall–Kier alpha value is -3.86. The van der Waals surface area contributed by atoms with Crippen LogP contribution in [-0.2, 0) is 4.74 Å². The minimum atomic E-state index is -0.208. The summed E-state index contributed by atoms with van der Waals surface area (Å²) in [5.41, 5.74) is 10.4. The van der Waals surface area contributed by atoms with Gasteiger partial charge in [-0.3, -0.25) is 9.69 Å². The van der Waals surface area contributed by atoms with Crippen LogP contribution >= 0.6 is 11.3 Å². The number of rotatable bonds is 9. The van der Waals surface area contributed by atoms with Gasteiger partial charge < -0.3 is 30.0 Å². The van der Waals surface area contributed by atoms with Crippen LogP contribution in [0, 0.1) is 0 Å². The molecule has 1 aliphatic rings. The summed E-state index contributed by atoms with van der Waals surface area (Å²) in [6.07, 6.45) is 0. The Morgan fingerprint density at radius 3 is 2.36 bits per heavy atom. The molecule has 3 N–H and O–H groups in total. The van der Waals surface area contributed by atoms with E-state index in [1.807, 2.05) is 48.5 Å². The van der Waals surface area contributed by atoms with Gasteiger partial charge in [0, 0.05) is 37.1 Å². The molecule has 5 rings (SSSR count). The van der Waals surface area contributed by atoms with Crippen LogP contribution < -0.4 is 25.3 Å². The van der Waals surface area contributed by atoms with Crippen LogP contribution in [0.1, 0.15) is 9.67 Å². The van der Waals surface area contributed by atoms with Crippen LogP contribution in [0.2, 0.25) is 0 Å². The molecular formula is C29H32N4O5S. The van der Waals surface area contributed by atoms with Gasteiger partial charge in [-0.1, -0.05) is 30.3 Å². The van der Waals surface area contributed by atoms with E-state index < -0.39 is 0 Å². The molecule has 3 heterocycles. The number of nitrogens with one attached hydrogen (secondary N) is 1. The van der Waals surface area contributed by atoms with E-state index in [-0.39, 0.29) is 5.91 Å². The number of amides is 1. The van der Waals surface area contributed by atoms with Crippen LogP contribution in [0.4, 0.5) is 5.69 Å². The number of hydrogen-bond acceptors (Lipinski definition) is 9. The van der Waals surface area contributed by atoms with Crippen LogP contribution in [0.3, 0.4) is 0 Å². The third-order valence-electron chi connectivity index (χ3n) is 6.77. The summed E-state index contributed by atoms with van der Waals surface area (Å²) < 4.78 is 22.1. The monoisotopic (exact) mass is 548 g/mol. The first-order chi connectivity index (χ1) is 19.0. The average Bonchev–Trinajstić information content (AvgIpc) is 3.33. The number of carbonyl (C=O) groups excluding carboxylic acids is 1. The zero-order valence-electron chi connectivity index (χ0n) is 22.3. The second-order valence-electron chi connectivity index (χ2n) is 9.07. The average molecular weight is 549 g/mol. The van der Waals surface area contributed by atoms with E-state index >= 15 is 0 Å². The van der Waals surface area contributed by atoms with Gasteiger partial charge in [0.1, 0.15) is 9.71 Å². The molecule has 39 heavy (non-hydrogen) atoms. The molecule has 0 radical (unpaired) electrons. The van der Waals surface area contributed by atoms with Crippen molar-refractivity contribution in [2.75, 3.05) is 66.5 Å². The Kier molecular flexibility index (Phi) is 8.16. The fraction of sp³-hybridized carbons (Fsp3) is 0.310. The highest BCUT2D eigenvalue weighted by Gasteiger charge is 2.23. The van der Waals surface area contributed by atoms with Crippen molar-refractivity contribution < 1.29 is 23.7 Å². The fourth-order valence-electron chi connectivity index (χ4n) is 4.74. The van der Waals surface area contributed by atoms with Gasteiger partial charge in [0.15, 0.2) is 11.5 Å². The van der Waals surface area contributed by atoms with Gasteiger partial charge in [-0.15, -0.1) is 11.3 Å². The molecule has 204 valence electrons. The smallest absolute Gasteiger partial charge is 0.263 e. The van der Waals surface area contributed by atoms with Gasteiger partial charge >= 0.3 is 0 Å². The molecule has 0 saturated carbocycles. The number of morpholine rings is 1. The third kappa shape index (κ3) is 5.49. The number of nitrogens with two attached hydrogens (primary N) is 1. The maximum Gasteiger partial charge on any atom is 0.263 e. The Labute approximate surface area is 231 Å².